The minimum Gasteiger partial charge on any atom is -0.396 e. The number of amides is 1. The van der Waals surface area contributed by atoms with Gasteiger partial charge in [-0.15, -0.1) is 0 Å². The van der Waals surface area contributed by atoms with Gasteiger partial charge in [0.2, 0.25) is 10.0 Å². The molecule has 1 aliphatic rings. The first-order chi connectivity index (χ1) is 9.29. The number of benzene rings is 1. The van der Waals surface area contributed by atoms with E-state index in [1.807, 2.05) is 0 Å². The van der Waals surface area contributed by atoms with Gasteiger partial charge in [0.1, 0.15) is 5.82 Å². The van der Waals surface area contributed by atoms with Crippen molar-refractivity contribution in [3.05, 3.63) is 29.6 Å². The van der Waals surface area contributed by atoms with Gasteiger partial charge in [0.15, 0.2) is 0 Å². The molecule has 110 valence electrons. The van der Waals surface area contributed by atoms with Crippen LogP contribution in [0.2, 0.25) is 0 Å². The molecule has 1 amide bonds. The zero-order valence-corrected chi connectivity index (χ0v) is 11.9. The van der Waals surface area contributed by atoms with Crippen LogP contribution in [0.3, 0.4) is 0 Å². The SMILES string of the molecule is CS(=O)(=O)N1CCN(C(=O)c2ccc(F)c(N)c2)CC1. The highest BCUT2D eigenvalue weighted by molar-refractivity contribution is 7.88. The van der Waals surface area contributed by atoms with Gasteiger partial charge in [-0.3, -0.25) is 4.79 Å². The molecule has 2 N–H and O–H groups in total. The predicted octanol–water partition coefficient (Wildman–Crippen LogP) is 0.125. The first kappa shape index (κ1) is 14.7. The minimum atomic E-state index is -3.23. The van der Waals surface area contributed by atoms with Crippen LogP contribution in [-0.4, -0.2) is 56.0 Å². The molecule has 0 spiro atoms. The zero-order chi connectivity index (χ0) is 14.9. The van der Waals surface area contributed by atoms with Crippen LogP contribution in [0, 0.1) is 5.82 Å². The molecular formula is C12H16FN3O3S. The Hall–Kier alpha value is -1.67. The first-order valence-corrected chi connectivity index (χ1v) is 7.93. The number of hydrogen-bond donors (Lipinski definition) is 1. The van der Waals surface area contributed by atoms with Crippen molar-refractivity contribution in [3.63, 3.8) is 0 Å². The number of carbonyl (C=O) groups is 1. The molecule has 0 aliphatic carbocycles. The lowest BCUT2D eigenvalue weighted by molar-refractivity contribution is 0.0698. The Labute approximate surface area is 117 Å². The average molecular weight is 301 g/mol. The molecule has 0 bridgehead atoms. The van der Waals surface area contributed by atoms with E-state index in [2.05, 4.69) is 0 Å². The summed E-state index contributed by atoms with van der Waals surface area (Å²) in [4.78, 5) is 13.7. The molecule has 1 saturated heterocycles. The number of sulfonamides is 1. The van der Waals surface area contributed by atoms with Gasteiger partial charge in [-0.05, 0) is 18.2 Å². The van der Waals surface area contributed by atoms with Crippen molar-refractivity contribution < 1.29 is 17.6 Å². The lowest BCUT2D eigenvalue weighted by Gasteiger charge is -2.33. The molecule has 20 heavy (non-hydrogen) atoms. The molecule has 6 nitrogen and oxygen atoms in total. The minimum absolute atomic E-state index is 0.0781. The van der Waals surface area contributed by atoms with Crippen LogP contribution in [-0.2, 0) is 10.0 Å². The molecule has 0 saturated carbocycles. The number of hydrogen-bond acceptors (Lipinski definition) is 4. The molecule has 2 rings (SSSR count). The van der Waals surface area contributed by atoms with Crippen LogP contribution in [0.1, 0.15) is 10.4 Å². The third-order valence-electron chi connectivity index (χ3n) is 3.24. The molecule has 1 aliphatic heterocycles. The Kier molecular flexibility index (Phi) is 3.96. The van der Waals surface area contributed by atoms with Crippen LogP contribution in [0.5, 0.6) is 0 Å². The number of nitrogens with zero attached hydrogens (tertiary/aromatic N) is 2. The summed E-state index contributed by atoms with van der Waals surface area (Å²) in [5.41, 5.74) is 5.66. The van der Waals surface area contributed by atoms with Gasteiger partial charge in [0.25, 0.3) is 5.91 Å². The van der Waals surface area contributed by atoms with E-state index >= 15 is 0 Å². The zero-order valence-electron chi connectivity index (χ0n) is 11.0. The quantitative estimate of drug-likeness (QED) is 0.787. The average Bonchev–Trinajstić information content (AvgIpc) is 2.40. The summed E-state index contributed by atoms with van der Waals surface area (Å²) < 4.78 is 37.2. The molecule has 1 fully saturated rings. The van der Waals surface area contributed by atoms with Gasteiger partial charge in [0, 0.05) is 31.7 Å². The lowest BCUT2D eigenvalue weighted by atomic mass is 10.1. The highest BCUT2D eigenvalue weighted by Crippen LogP contribution is 2.15. The summed E-state index contributed by atoms with van der Waals surface area (Å²) in [7, 11) is -3.23. The van der Waals surface area contributed by atoms with Crippen LogP contribution in [0.4, 0.5) is 10.1 Å². The maximum Gasteiger partial charge on any atom is 0.254 e. The van der Waals surface area contributed by atoms with E-state index in [-0.39, 0.29) is 24.7 Å². The molecular weight excluding hydrogens is 285 g/mol. The lowest BCUT2D eigenvalue weighted by Crippen LogP contribution is -2.50. The van der Waals surface area contributed by atoms with Crippen molar-refractivity contribution in [3.8, 4) is 0 Å². The Morgan fingerprint density at radius 1 is 1.25 bits per heavy atom. The second-order valence-electron chi connectivity index (χ2n) is 4.69. The van der Waals surface area contributed by atoms with Crippen LogP contribution >= 0.6 is 0 Å². The van der Waals surface area contributed by atoms with Gasteiger partial charge in [0.05, 0.1) is 11.9 Å². The fraction of sp³-hybridized carbons (Fsp3) is 0.417. The molecule has 1 aromatic rings. The fourth-order valence-corrected chi connectivity index (χ4v) is 2.91. The number of carbonyl (C=O) groups excluding carboxylic acids is 1. The van der Waals surface area contributed by atoms with Crippen LogP contribution in [0.15, 0.2) is 18.2 Å². The van der Waals surface area contributed by atoms with E-state index in [0.29, 0.717) is 18.7 Å². The third kappa shape index (κ3) is 3.07. The van der Waals surface area contributed by atoms with Gasteiger partial charge in [-0.2, -0.15) is 4.31 Å². The summed E-state index contributed by atoms with van der Waals surface area (Å²) in [5.74, 6) is -0.840. The van der Waals surface area contributed by atoms with Crippen LogP contribution in [0.25, 0.3) is 0 Å². The van der Waals surface area contributed by atoms with Gasteiger partial charge in [-0.1, -0.05) is 0 Å². The van der Waals surface area contributed by atoms with E-state index in [0.717, 1.165) is 12.3 Å². The van der Waals surface area contributed by atoms with E-state index in [1.165, 1.54) is 21.3 Å². The van der Waals surface area contributed by atoms with Gasteiger partial charge >= 0.3 is 0 Å². The first-order valence-electron chi connectivity index (χ1n) is 6.08. The van der Waals surface area contributed by atoms with Crippen molar-refractivity contribution in [1.82, 2.24) is 9.21 Å². The highest BCUT2D eigenvalue weighted by atomic mass is 32.2. The van der Waals surface area contributed by atoms with Gasteiger partial charge in [-0.25, -0.2) is 12.8 Å². The number of rotatable bonds is 2. The fourth-order valence-electron chi connectivity index (χ4n) is 2.08. The number of anilines is 1. The number of piperazine rings is 1. The smallest absolute Gasteiger partial charge is 0.254 e. The topological polar surface area (TPSA) is 83.7 Å². The summed E-state index contributed by atoms with van der Waals surface area (Å²) in [6.07, 6.45) is 1.14. The van der Waals surface area contributed by atoms with Crippen molar-refractivity contribution in [2.45, 2.75) is 0 Å². The summed E-state index contributed by atoms with van der Waals surface area (Å²) in [5, 5.41) is 0. The molecule has 0 atom stereocenters. The van der Waals surface area contributed by atoms with Crippen molar-refractivity contribution >= 4 is 21.6 Å². The second-order valence-corrected chi connectivity index (χ2v) is 6.67. The molecule has 1 heterocycles. The van der Waals surface area contributed by atoms with Crippen molar-refractivity contribution in [2.75, 3.05) is 38.2 Å². The van der Waals surface area contributed by atoms with E-state index < -0.39 is 15.8 Å². The molecule has 8 heteroatoms. The standard InChI is InChI=1S/C12H16FN3O3S/c1-20(18,19)16-6-4-15(5-7-16)12(17)9-2-3-10(13)11(14)8-9/h2-3,8H,4-7,14H2,1H3. The Morgan fingerprint density at radius 3 is 2.35 bits per heavy atom. The molecule has 1 aromatic carbocycles. The number of halogens is 1. The molecule has 0 radical (unpaired) electrons. The largest absolute Gasteiger partial charge is 0.396 e. The second kappa shape index (κ2) is 5.37. The maximum atomic E-state index is 13.1. The third-order valence-corrected chi connectivity index (χ3v) is 4.54. The highest BCUT2D eigenvalue weighted by Gasteiger charge is 2.26. The van der Waals surface area contributed by atoms with Crippen molar-refractivity contribution in [2.24, 2.45) is 0 Å². The molecule has 0 aromatic heterocycles. The van der Waals surface area contributed by atoms with Gasteiger partial charge < -0.3 is 10.6 Å². The summed E-state index contributed by atoms with van der Waals surface area (Å²) in [6.45, 7) is 1.15. The summed E-state index contributed by atoms with van der Waals surface area (Å²) in [6, 6.07) is 3.81. The Morgan fingerprint density at radius 2 is 1.85 bits per heavy atom. The van der Waals surface area contributed by atoms with E-state index in [1.54, 1.807) is 0 Å². The molecule has 0 unspecified atom stereocenters. The Balaban J connectivity index is 2.07. The summed E-state index contributed by atoms with van der Waals surface area (Å²) >= 11 is 0. The Bertz CT molecular complexity index is 625. The number of nitrogens with two attached hydrogens (primary N) is 1. The number of nitrogen functional groups attached to an aromatic ring is 1. The van der Waals surface area contributed by atoms with Crippen LogP contribution < -0.4 is 5.73 Å². The maximum absolute atomic E-state index is 13.1. The van der Waals surface area contributed by atoms with E-state index in [4.69, 9.17) is 5.73 Å². The monoisotopic (exact) mass is 301 g/mol. The van der Waals surface area contributed by atoms with E-state index in [9.17, 15) is 17.6 Å². The predicted molar refractivity (Wildman–Crippen MR) is 73.1 cm³/mol. The van der Waals surface area contributed by atoms with Crippen molar-refractivity contribution in [1.29, 1.82) is 0 Å². The normalized spacial score (nSPS) is 17.2.